The molecule has 0 N–H and O–H groups in total. The molecule has 1 aromatic rings. The number of nitrogens with zero attached hydrogens (tertiary/aromatic N) is 1. The zero-order chi connectivity index (χ0) is 22.7. The smallest absolute Gasteiger partial charge is 0.419 e. The van der Waals surface area contributed by atoms with Crippen LogP contribution >= 0.6 is 0 Å². The van der Waals surface area contributed by atoms with Gasteiger partial charge in [0.15, 0.2) is 5.78 Å². The van der Waals surface area contributed by atoms with E-state index in [1.54, 1.807) is 0 Å². The van der Waals surface area contributed by atoms with Crippen LogP contribution in [0.1, 0.15) is 60.9 Å². The normalized spacial score (nSPS) is 32.0. The molecule has 1 heterocycles. The third-order valence-corrected chi connectivity index (χ3v) is 9.61. The second-order valence-corrected chi connectivity index (χ2v) is 12.3. The number of carbonyl (C=O) groups is 1. The first-order valence-electron chi connectivity index (χ1n) is 11.4. The number of ether oxygens (including phenoxy) is 1. The molecule has 32 heavy (non-hydrogen) atoms. The first-order valence-corrected chi connectivity index (χ1v) is 13.0. The number of rotatable bonds is 7. The van der Waals surface area contributed by atoms with Crippen LogP contribution in [0.25, 0.3) is 0 Å². The summed E-state index contributed by atoms with van der Waals surface area (Å²) >= 11 is 0. The van der Waals surface area contributed by atoms with Crippen molar-refractivity contribution in [2.45, 2.75) is 51.1 Å². The minimum Gasteiger partial charge on any atom is -0.492 e. The Balaban J connectivity index is 1.33. The Hall–Kier alpha value is -1.61. The van der Waals surface area contributed by atoms with Crippen molar-refractivity contribution in [3.63, 3.8) is 0 Å². The molecule has 5 aliphatic rings. The van der Waals surface area contributed by atoms with Crippen LogP contribution in [-0.4, -0.2) is 44.0 Å². The van der Waals surface area contributed by atoms with Crippen LogP contribution in [0.4, 0.5) is 13.2 Å². The summed E-state index contributed by atoms with van der Waals surface area (Å²) in [5, 5.41) is 0. The number of alkyl halides is 3. The lowest BCUT2D eigenvalue weighted by molar-refractivity contribution is -0.140. The van der Waals surface area contributed by atoms with E-state index in [0.717, 1.165) is 31.7 Å². The molecule has 4 saturated carbocycles. The number of carbonyl (C=O) groups excluding carboxylic acids is 1. The predicted octanol–water partition coefficient (Wildman–Crippen LogP) is 4.52. The van der Waals surface area contributed by atoms with Gasteiger partial charge in [0.1, 0.15) is 11.5 Å². The molecular formula is C23H28F3NO4S. The monoisotopic (exact) mass is 471 g/mol. The molecule has 6 rings (SSSR count). The molecule has 1 aromatic carbocycles. The molecule has 1 saturated heterocycles. The van der Waals surface area contributed by atoms with E-state index in [2.05, 4.69) is 0 Å². The minimum atomic E-state index is -4.70. The number of hydrogen-bond acceptors (Lipinski definition) is 4. The summed E-state index contributed by atoms with van der Waals surface area (Å²) in [6.45, 7) is 0.956. The average Bonchev–Trinajstić information content (AvgIpc) is 2.62. The first-order chi connectivity index (χ1) is 15.0. The van der Waals surface area contributed by atoms with Gasteiger partial charge in [-0.05, 0) is 80.9 Å². The molecule has 0 unspecified atom stereocenters. The molecule has 4 aliphatic carbocycles. The van der Waals surface area contributed by atoms with Gasteiger partial charge in [0.2, 0.25) is 10.0 Å². The number of ketones is 1. The fraction of sp³-hybridized carbons (Fsp3) is 0.696. The molecule has 0 aromatic heterocycles. The molecule has 0 atom stereocenters. The highest BCUT2D eigenvalue weighted by atomic mass is 32.2. The van der Waals surface area contributed by atoms with Gasteiger partial charge in [-0.2, -0.15) is 13.2 Å². The Morgan fingerprint density at radius 1 is 1.06 bits per heavy atom. The van der Waals surface area contributed by atoms with E-state index < -0.39 is 33.3 Å². The molecule has 0 radical (unpaired) electrons. The molecular weight excluding hydrogens is 443 g/mol. The quantitative estimate of drug-likeness (QED) is 0.549. The van der Waals surface area contributed by atoms with Crippen molar-refractivity contribution >= 4 is 15.8 Å². The lowest BCUT2D eigenvalue weighted by Gasteiger charge is -2.56. The number of halogens is 3. The minimum absolute atomic E-state index is 0.0442. The second kappa shape index (κ2) is 7.72. The van der Waals surface area contributed by atoms with E-state index >= 15 is 0 Å². The first kappa shape index (κ1) is 22.2. The Morgan fingerprint density at radius 2 is 1.66 bits per heavy atom. The maximum atomic E-state index is 13.8. The standard InChI is InChI=1S/C23H28F3NO4S/c24-23(25,26)19-9-18(20(28)13-32(29,30)27-4-1-5-27)2-3-21(19)31-14-22-10-15-6-16(11-22)8-17(7-15)12-22/h2-3,9,15-17H,1,4-8,10-14H2. The van der Waals surface area contributed by atoms with Crippen molar-refractivity contribution in [1.82, 2.24) is 4.31 Å². The molecule has 0 amide bonds. The van der Waals surface area contributed by atoms with E-state index in [9.17, 15) is 26.4 Å². The zero-order valence-corrected chi connectivity index (χ0v) is 18.7. The van der Waals surface area contributed by atoms with Crippen LogP contribution in [0.5, 0.6) is 5.75 Å². The Bertz CT molecular complexity index is 981. The number of benzene rings is 1. The zero-order valence-electron chi connectivity index (χ0n) is 17.9. The topological polar surface area (TPSA) is 63.7 Å². The van der Waals surface area contributed by atoms with Gasteiger partial charge in [0, 0.05) is 24.1 Å². The van der Waals surface area contributed by atoms with Crippen molar-refractivity contribution in [2.75, 3.05) is 25.4 Å². The van der Waals surface area contributed by atoms with E-state index in [1.165, 1.54) is 35.7 Å². The van der Waals surface area contributed by atoms with E-state index in [1.807, 2.05) is 0 Å². The van der Waals surface area contributed by atoms with Crippen LogP contribution in [-0.2, 0) is 16.2 Å². The SMILES string of the molecule is O=C(CS(=O)(=O)N1CCC1)c1ccc(OCC23CC4CC(CC(C4)C2)C3)c(C(F)(F)F)c1. The highest BCUT2D eigenvalue weighted by Gasteiger charge is 2.51. The number of hydrogen-bond donors (Lipinski definition) is 0. The van der Waals surface area contributed by atoms with Crippen molar-refractivity contribution in [3.8, 4) is 5.75 Å². The summed E-state index contributed by atoms with van der Waals surface area (Å²) in [6.07, 6.45) is 2.80. The fourth-order valence-electron chi connectivity index (χ4n) is 6.65. The summed E-state index contributed by atoms with van der Waals surface area (Å²) < 4.78 is 72.8. The van der Waals surface area contributed by atoms with Crippen molar-refractivity contribution in [1.29, 1.82) is 0 Å². The summed E-state index contributed by atoms with van der Waals surface area (Å²) in [4.78, 5) is 12.5. The number of Topliss-reactive ketones (excluding diaryl/α,β-unsaturated/α-hetero) is 1. The molecule has 4 bridgehead atoms. The highest BCUT2D eigenvalue weighted by Crippen LogP contribution is 2.60. The Labute approximate surface area is 186 Å². The largest absolute Gasteiger partial charge is 0.492 e. The van der Waals surface area contributed by atoms with Crippen molar-refractivity contribution in [2.24, 2.45) is 23.2 Å². The number of sulfonamides is 1. The highest BCUT2D eigenvalue weighted by molar-refractivity contribution is 7.89. The summed E-state index contributed by atoms with van der Waals surface area (Å²) in [7, 11) is -3.79. The summed E-state index contributed by atoms with van der Waals surface area (Å²) in [6, 6.07) is 3.16. The summed E-state index contributed by atoms with van der Waals surface area (Å²) in [5.41, 5.74) is -1.32. The molecule has 176 valence electrons. The van der Waals surface area contributed by atoms with E-state index in [0.29, 0.717) is 30.8 Å². The lowest BCUT2D eigenvalue weighted by Crippen LogP contribution is -2.48. The third kappa shape index (κ3) is 4.18. The summed E-state index contributed by atoms with van der Waals surface area (Å²) in [5.74, 6) is 0.0592. The van der Waals surface area contributed by atoms with Crippen LogP contribution in [0.15, 0.2) is 18.2 Å². The Kier molecular flexibility index (Phi) is 5.36. The van der Waals surface area contributed by atoms with Crippen molar-refractivity contribution in [3.05, 3.63) is 29.3 Å². The van der Waals surface area contributed by atoms with Crippen LogP contribution in [0, 0.1) is 23.2 Å². The molecule has 5 fully saturated rings. The fourth-order valence-corrected chi connectivity index (χ4v) is 8.15. The maximum Gasteiger partial charge on any atom is 0.419 e. The van der Waals surface area contributed by atoms with E-state index in [-0.39, 0.29) is 23.3 Å². The van der Waals surface area contributed by atoms with Gasteiger partial charge in [-0.1, -0.05) is 0 Å². The van der Waals surface area contributed by atoms with Gasteiger partial charge in [0.05, 0.1) is 12.2 Å². The van der Waals surface area contributed by atoms with Crippen LogP contribution in [0.2, 0.25) is 0 Å². The maximum absolute atomic E-state index is 13.8. The van der Waals surface area contributed by atoms with Crippen molar-refractivity contribution < 1.29 is 31.1 Å². The van der Waals surface area contributed by atoms with Gasteiger partial charge >= 0.3 is 6.18 Å². The molecule has 9 heteroatoms. The molecule has 0 spiro atoms. The average molecular weight is 472 g/mol. The van der Waals surface area contributed by atoms with Gasteiger partial charge < -0.3 is 4.74 Å². The van der Waals surface area contributed by atoms with Crippen LogP contribution < -0.4 is 4.74 Å². The Morgan fingerprint density at radius 3 is 2.16 bits per heavy atom. The lowest BCUT2D eigenvalue weighted by atomic mass is 9.50. The van der Waals surface area contributed by atoms with Gasteiger partial charge in [-0.25, -0.2) is 12.7 Å². The second-order valence-electron chi connectivity index (χ2n) is 10.3. The van der Waals surface area contributed by atoms with Crippen LogP contribution in [0.3, 0.4) is 0 Å². The molecule has 1 aliphatic heterocycles. The van der Waals surface area contributed by atoms with Gasteiger partial charge in [-0.15, -0.1) is 0 Å². The van der Waals surface area contributed by atoms with E-state index in [4.69, 9.17) is 4.74 Å². The van der Waals surface area contributed by atoms with Gasteiger partial charge in [0.25, 0.3) is 0 Å². The predicted molar refractivity (Wildman–Crippen MR) is 112 cm³/mol. The van der Waals surface area contributed by atoms with Gasteiger partial charge in [-0.3, -0.25) is 4.79 Å². The third-order valence-electron chi connectivity index (χ3n) is 7.83. The molecule has 5 nitrogen and oxygen atoms in total.